The predicted octanol–water partition coefficient (Wildman–Crippen LogP) is 2.57. The summed E-state index contributed by atoms with van der Waals surface area (Å²) in [5.74, 6) is -1.33. The van der Waals surface area contributed by atoms with Crippen molar-refractivity contribution in [2.75, 3.05) is 0 Å². The number of para-hydroxylation sites is 1. The molecule has 0 aliphatic rings. The van der Waals surface area contributed by atoms with E-state index in [0.717, 1.165) is 12.1 Å². The lowest BCUT2D eigenvalue weighted by molar-refractivity contribution is -0.117. The largest absolute Gasteiger partial charge is 0.488 e. The summed E-state index contributed by atoms with van der Waals surface area (Å²) < 4.78 is 31.7. The monoisotopic (exact) mass is 277 g/mol. The molecule has 0 radical (unpaired) electrons. The number of benzene rings is 2. The van der Waals surface area contributed by atoms with Crippen LogP contribution in [0.2, 0.25) is 0 Å². The molecule has 0 aliphatic carbocycles. The summed E-state index contributed by atoms with van der Waals surface area (Å²) in [6.45, 7) is -0.0537. The van der Waals surface area contributed by atoms with E-state index in [9.17, 15) is 13.6 Å². The van der Waals surface area contributed by atoms with Crippen LogP contribution in [0, 0.1) is 11.6 Å². The Kier molecular flexibility index (Phi) is 4.30. The van der Waals surface area contributed by atoms with Crippen LogP contribution in [0.15, 0.2) is 42.5 Å². The van der Waals surface area contributed by atoms with Gasteiger partial charge in [-0.15, -0.1) is 0 Å². The zero-order valence-corrected chi connectivity index (χ0v) is 10.6. The fraction of sp³-hybridized carbons (Fsp3) is 0.133. The third kappa shape index (κ3) is 3.54. The second-order valence-corrected chi connectivity index (χ2v) is 4.28. The normalized spacial score (nSPS) is 10.3. The Morgan fingerprint density at radius 2 is 1.85 bits per heavy atom. The number of halogens is 2. The molecule has 1 amide bonds. The van der Waals surface area contributed by atoms with Gasteiger partial charge < -0.3 is 10.5 Å². The molecule has 2 aromatic carbocycles. The van der Waals surface area contributed by atoms with Crippen LogP contribution < -0.4 is 10.5 Å². The summed E-state index contributed by atoms with van der Waals surface area (Å²) in [4.78, 5) is 11.0. The highest BCUT2D eigenvalue weighted by atomic mass is 19.1. The van der Waals surface area contributed by atoms with Gasteiger partial charge in [0.1, 0.15) is 24.0 Å². The van der Waals surface area contributed by atoms with E-state index in [1.54, 1.807) is 24.3 Å². The molecule has 0 bridgehead atoms. The highest BCUT2D eigenvalue weighted by Gasteiger charge is 2.08. The molecule has 0 heterocycles. The molecule has 20 heavy (non-hydrogen) atoms. The quantitative estimate of drug-likeness (QED) is 0.913. The summed E-state index contributed by atoms with van der Waals surface area (Å²) in [6, 6.07) is 10.2. The van der Waals surface area contributed by atoms with Gasteiger partial charge >= 0.3 is 0 Å². The van der Waals surface area contributed by atoms with Crippen molar-refractivity contribution >= 4 is 5.91 Å². The summed E-state index contributed by atoms with van der Waals surface area (Å²) in [6.07, 6.45) is 0.0437. The van der Waals surface area contributed by atoms with Crippen molar-refractivity contribution in [2.45, 2.75) is 13.0 Å². The maximum atomic E-state index is 13.5. The molecule has 2 N–H and O–H groups in total. The number of rotatable bonds is 5. The number of primary amides is 1. The van der Waals surface area contributed by atoms with Crippen molar-refractivity contribution in [3.8, 4) is 5.75 Å². The van der Waals surface area contributed by atoms with Crippen molar-refractivity contribution in [1.82, 2.24) is 0 Å². The SMILES string of the molecule is NC(=O)Cc1ccccc1OCc1ccc(F)cc1F. The van der Waals surface area contributed by atoms with Crippen LogP contribution in [0.1, 0.15) is 11.1 Å². The van der Waals surface area contributed by atoms with Gasteiger partial charge in [-0.2, -0.15) is 0 Å². The van der Waals surface area contributed by atoms with E-state index in [1.807, 2.05) is 0 Å². The van der Waals surface area contributed by atoms with Gasteiger partial charge in [0.25, 0.3) is 0 Å². The number of hydrogen-bond donors (Lipinski definition) is 1. The smallest absolute Gasteiger partial charge is 0.221 e. The van der Waals surface area contributed by atoms with Crippen LogP contribution in [0.4, 0.5) is 8.78 Å². The zero-order valence-electron chi connectivity index (χ0n) is 10.6. The standard InChI is InChI=1S/C15H13F2NO2/c16-12-6-5-11(13(17)8-12)9-20-14-4-2-1-3-10(14)7-15(18)19/h1-6,8H,7,9H2,(H2,18,19). The Balaban J connectivity index is 2.12. The van der Waals surface area contributed by atoms with Crippen LogP contribution in [0.5, 0.6) is 5.75 Å². The van der Waals surface area contributed by atoms with Crippen LogP contribution in [0.3, 0.4) is 0 Å². The average molecular weight is 277 g/mol. The Bertz CT molecular complexity index is 629. The van der Waals surface area contributed by atoms with Gasteiger partial charge in [0.05, 0.1) is 6.42 Å². The number of carbonyl (C=O) groups is 1. The van der Waals surface area contributed by atoms with Crippen molar-refractivity contribution < 1.29 is 18.3 Å². The number of amides is 1. The molecule has 0 aromatic heterocycles. The van der Waals surface area contributed by atoms with Gasteiger partial charge in [-0.1, -0.05) is 18.2 Å². The number of ether oxygens (including phenoxy) is 1. The van der Waals surface area contributed by atoms with Gasteiger partial charge in [-0.05, 0) is 18.2 Å². The molecule has 0 saturated carbocycles. The van der Waals surface area contributed by atoms with Crippen LogP contribution in [-0.4, -0.2) is 5.91 Å². The van der Waals surface area contributed by atoms with Crippen molar-refractivity contribution in [1.29, 1.82) is 0 Å². The first kappa shape index (κ1) is 14.0. The molecular weight excluding hydrogens is 264 g/mol. The zero-order chi connectivity index (χ0) is 14.5. The summed E-state index contributed by atoms with van der Waals surface area (Å²) >= 11 is 0. The van der Waals surface area contributed by atoms with Crippen LogP contribution in [-0.2, 0) is 17.8 Å². The minimum Gasteiger partial charge on any atom is -0.488 e. The minimum atomic E-state index is -0.669. The number of hydrogen-bond acceptors (Lipinski definition) is 2. The highest BCUT2D eigenvalue weighted by molar-refractivity contribution is 5.77. The molecular formula is C15H13F2NO2. The van der Waals surface area contributed by atoms with Crippen molar-refractivity contribution in [2.24, 2.45) is 5.73 Å². The lowest BCUT2D eigenvalue weighted by Gasteiger charge is -2.11. The van der Waals surface area contributed by atoms with Gasteiger partial charge in [0.15, 0.2) is 0 Å². The summed E-state index contributed by atoms with van der Waals surface area (Å²) in [5.41, 5.74) is 6.01. The first-order chi connectivity index (χ1) is 9.56. The van der Waals surface area contributed by atoms with Crippen molar-refractivity contribution in [3.05, 3.63) is 65.2 Å². The topological polar surface area (TPSA) is 52.3 Å². The van der Waals surface area contributed by atoms with Gasteiger partial charge in [0, 0.05) is 17.2 Å². The molecule has 104 valence electrons. The lowest BCUT2D eigenvalue weighted by Crippen LogP contribution is -2.14. The first-order valence-electron chi connectivity index (χ1n) is 5.99. The summed E-state index contributed by atoms with van der Waals surface area (Å²) in [5, 5.41) is 0. The van der Waals surface area contributed by atoms with Gasteiger partial charge in [-0.25, -0.2) is 8.78 Å². The fourth-order valence-corrected chi connectivity index (χ4v) is 1.77. The first-order valence-corrected chi connectivity index (χ1v) is 5.99. The van der Waals surface area contributed by atoms with E-state index in [0.29, 0.717) is 11.3 Å². The van der Waals surface area contributed by atoms with E-state index in [4.69, 9.17) is 10.5 Å². The molecule has 5 heteroatoms. The summed E-state index contributed by atoms with van der Waals surface area (Å²) in [7, 11) is 0. The van der Waals surface area contributed by atoms with E-state index in [-0.39, 0.29) is 18.6 Å². The second-order valence-electron chi connectivity index (χ2n) is 4.28. The van der Waals surface area contributed by atoms with Crippen LogP contribution >= 0.6 is 0 Å². The maximum Gasteiger partial charge on any atom is 0.221 e. The molecule has 0 fully saturated rings. The lowest BCUT2D eigenvalue weighted by atomic mass is 10.1. The third-order valence-corrected chi connectivity index (χ3v) is 2.74. The Morgan fingerprint density at radius 3 is 2.55 bits per heavy atom. The van der Waals surface area contributed by atoms with Crippen LogP contribution in [0.25, 0.3) is 0 Å². The minimum absolute atomic E-state index is 0.0437. The molecule has 0 aliphatic heterocycles. The molecule has 0 saturated heterocycles. The Labute approximate surface area is 115 Å². The number of nitrogens with two attached hydrogens (primary N) is 1. The van der Waals surface area contributed by atoms with Crippen molar-refractivity contribution in [3.63, 3.8) is 0 Å². The van der Waals surface area contributed by atoms with Gasteiger partial charge in [0.2, 0.25) is 5.91 Å². The molecule has 2 aromatic rings. The number of carbonyl (C=O) groups excluding carboxylic acids is 1. The molecule has 0 atom stereocenters. The van der Waals surface area contributed by atoms with E-state index >= 15 is 0 Å². The fourth-order valence-electron chi connectivity index (χ4n) is 1.77. The van der Waals surface area contributed by atoms with E-state index in [2.05, 4.69) is 0 Å². The average Bonchev–Trinajstić information content (AvgIpc) is 2.39. The Hall–Kier alpha value is -2.43. The maximum absolute atomic E-state index is 13.5. The molecule has 2 rings (SSSR count). The van der Waals surface area contributed by atoms with E-state index < -0.39 is 17.5 Å². The second kappa shape index (κ2) is 6.14. The Morgan fingerprint density at radius 1 is 1.10 bits per heavy atom. The van der Waals surface area contributed by atoms with Gasteiger partial charge in [-0.3, -0.25) is 4.79 Å². The molecule has 3 nitrogen and oxygen atoms in total. The predicted molar refractivity (Wildman–Crippen MR) is 70.0 cm³/mol. The van der Waals surface area contributed by atoms with E-state index in [1.165, 1.54) is 6.07 Å². The highest BCUT2D eigenvalue weighted by Crippen LogP contribution is 2.20. The molecule has 0 spiro atoms. The third-order valence-electron chi connectivity index (χ3n) is 2.74. The molecule has 0 unspecified atom stereocenters.